The molecule has 1 aromatic carbocycles. The number of benzene rings is 1. The maximum Gasteiger partial charge on any atom is 0.224 e. The van der Waals surface area contributed by atoms with Crippen molar-refractivity contribution >= 4 is 5.91 Å². The molecule has 1 unspecified atom stereocenters. The molecule has 1 aromatic heterocycles. The van der Waals surface area contributed by atoms with Crippen LogP contribution in [-0.2, 0) is 16.1 Å². The van der Waals surface area contributed by atoms with E-state index in [4.69, 9.17) is 4.74 Å². The normalized spacial score (nSPS) is 18.4. The Morgan fingerprint density at radius 2 is 2.27 bits per heavy atom. The van der Waals surface area contributed by atoms with E-state index in [-0.39, 0.29) is 11.7 Å². The molecule has 0 bridgehead atoms. The highest BCUT2D eigenvalue weighted by Gasteiger charge is 2.26. The molecule has 1 fully saturated rings. The molecule has 22 heavy (non-hydrogen) atoms. The number of rotatable bonds is 4. The van der Waals surface area contributed by atoms with Crippen LogP contribution in [0.25, 0.3) is 0 Å². The fraction of sp³-hybridized carbons (Fsp3) is 0.400. The van der Waals surface area contributed by atoms with Gasteiger partial charge in [-0.15, -0.1) is 5.10 Å². The minimum Gasteiger partial charge on any atom is -0.370 e. The predicted octanol–water partition coefficient (Wildman–Crippen LogP) is 1.41. The lowest BCUT2D eigenvalue weighted by Gasteiger charge is -2.33. The molecule has 1 aliphatic rings. The number of carbonyl (C=O) groups is 1. The van der Waals surface area contributed by atoms with Crippen molar-refractivity contribution in [3.8, 4) is 0 Å². The summed E-state index contributed by atoms with van der Waals surface area (Å²) < 4.78 is 21.1. The van der Waals surface area contributed by atoms with Crippen molar-refractivity contribution in [2.75, 3.05) is 19.7 Å². The molecule has 6 nitrogen and oxygen atoms in total. The number of aryl methyl sites for hydroxylation is 1. The molecule has 1 amide bonds. The number of hydrogen-bond donors (Lipinski definition) is 0. The molecule has 1 aliphatic heterocycles. The zero-order chi connectivity index (χ0) is 15.4. The third-order valence-electron chi connectivity index (χ3n) is 3.70. The minimum atomic E-state index is -0.412. The number of ether oxygens (including phenoxy) is 1. The van der Waals surface area contributed by atoms with Gasteiger partial charge in [0, 0.05) is 24.7 Å². The maximum absolute atomic E-state index is 13.8. The summed E-state index contributed by atoms with van der Waals surface area (Å²) in [7, 11) is 0. The number of morpholine rings is 1. The van der Waals surface area contributed by atoms with E-state index in [1.807, 2.05) is 0 Å². The minimum absolute atomic E-state index is 0.0140. The van der Waals surface area contributed by atoms with Crippen molar-refractivity contribution in [2.45, 2.75) is 19.1 Å². The fourth-order valence-corrected chi connectivity index (χ4v) is 2.52. The van der Waals surface area contributed by atoms with Crippen LogP contribution in [0.5, 0.6) is 0 Å². The van der Waals surface area contributed by atoms with Crippen LogP contribution in [0.1, 0.15) is 18.1 Å². The van der Waals surface area contributed by atoms with Gasteiger partial charge < -0.3 is 9.64 Å². The quantitative estimate of drug-likeness (QED) is 0.857. The first-order valence-corrected chi connectivity index (χ1v) is 7.22. The smallest absolute Gasteiger partial charge is 0.224 e. The Morgan fingerprint density at radius 3 is 3.05 bits per heavy atom. The Labute approximate surface area is 127 Å². The molecule has 0 radical (unpaired) electrons. The van der Waals surface area contributed by atoms with Crippen LogP contribution >= 0.6 is 0 Å². The Balaban J connectivity index is 1.60. The Hall–Kier alpha value is -2.28. The van der Waals surface area contributed by atoms with Crippen molar-refractivity contribution in [3.63, 3.8) is 0 Å². The second kappa shape index (κ2) is 6.65. The molecule has 1 saturated heterocycles. The molecule has 3 rings (SSSR count). The van der Waals surface area contributed by atoms with Gasteiger partial charge in [0.15, 0.2) is 0 Å². The van der Waals surface area contributed by atoms with Crippen LogP contribution in [0.15, 0.2) is 36.7 Å². The first-order valence-electron chi connectivity index (χ1n) is 7.22. The van der Waals surface area contributed by atoms with Gasteiger partial charge in [-0.2, -0.15) is 0 Å². The van der Waals surface area contributed by atoms with Crippen molar-refractivity contribution in [1.82, 2.24) is 19.9 Å². The number of aromatic nitrogens is 3. The van der Waals surface area contributed by atoms with Gasteiger partial charge in [-0.1, -0.05) is 23.4 Å². The van der Waals surface area contributed by atoms with Crippen molar-refractivity contribution in [1.29, 1.82) is 0 Å². The number of amides is 1. The second-order valence-electron chi connectivity index (χ2n) is 5.14. The lowest BCUT2D eigenvalue weighted by Crippen LogP contribution is -2.42. The van der Waals surface area contributed by atoms with Gasteiger partial charge in [-0.3, -0.25) is 9.48 Å². The van der Waals surface area contributed by atoms with E-state index in [1.165, 1.54) is 6.07 Å². The molecule has 0 spiro atoms. The SMILES string of the molecule is O=C(CCn1ccnn1)N1CCOC(c2ccccc2F)C1. The summed E-state index contributed by atoms with van der Waals surface area (Å²) in [6.07, 6.45) is 3.22. The van der Waals surface area contributed by atoms with Crippen LogP contribution in [-0.4, -0.2) is 45.5 Å². The van der Waals surface area contributed by atoms with Crippen LogP contribution < -0.4 is 0 Å². The summed E-state index contributed by atoms with van der Waals surface area (Å²) in [5, 5.41) is 7.53. The summed E-state index contributed by atoms with van der Waals surface area (Å²) >= 11 is 0. The zero-order valence-electron chi connectivity index (χ0n) is 12.1. The summed E-state index contributed by atoms with van der Waals surface area (Å²) in [5.41, 5.74) is 0.497. The van der Waals surface area contributed by atoms with Crippen LogP contribution in [0.4, 0.5) is 4.39 Å². The summed E-state index contributed by atoms with van der Waals surface area (Å²) in [4.78, 5) is 14.0. The van der Waals surface area contributed by atoms with Gasteiger partial charge in [0.25, 0.3) is 0 Å². The van der Waals surface area contributed by atoms with Gasteiger partial charge in [0.05, 0.1) is 25.9 Å². The maximum atomic E-state index is 13.8. The zero-order valence-corrected chi connectivity index (χ0v) is 12.1. The summed E-state index contributed by atoms with van der Waals surface area (Å²) in [5.74, 6) is -0.287. The average molecular weight is 304 g/mol. The first kappa shape index (κ1) is 14.6. The molecular weight excluding hydrogens is 287 g/mol. The number of carbonyl (C=O) groups excluding carboxylic acids is 1. The Bertz CT molecular complexity index is 632. The van der Waals surface area contributed by atoms with Gasteiger partial charge in [0.2, 0.25) is 5.91 Å². The van der Waals surface area contributed by atoms with E-state index in [0.717, 1.165) is 0 Å². The van der Waals surface area contributed by atoms with E-state index in [0.29, 0.717) is 38.2 Å². The fourth-order valence-electron chi connectivity index (χ4n) is 2.52. The first-order chi connectivity index (χ1) is 10.7. The summed E-state index contributed by atoms with van der Waals surface area (Å²) in [6.45, 7) is 1.80. The van der Waals surface area contributed by atoms with E-state index in [2.05, 4.69) is 10.3 Å². The average Bonchev–Trinajstić information content (AvgIpc) is 3.06. The highest BCUT2D eigenvalue weighted by Crippen LogP contribution is 2.24. The van der Waals surface area contributed by atoms with E-state index in [9.17, 15) is 9.18 Å². The lowest BCUT2D eigenvalue weighted by atomic mass is 10.1. The Morgan fingerprint density at radius 1 is 1.41 bits per heavy atom. The lowest BCUT2D eigenvalue weighted by molar-refractivity contribution is -0.139. The number of nitrogens with zero attached hydrogens (tertiary/aromatic N) is 4. The highest BCUT2D eigenvalue weighted by molar-refractivity contribution is 5.76. The van der Waals surface area contributed by atoms with Gasteiger partial charge >= 0.3 is 0 Å². The predicted molar refractivity (Wildman–Crippen MR) is 76.3 cm³/mol. The molecular formula is C15H17FN4O2. The molecule has 0 saturated carbocycles. The standard InChI is InChI=1S/C15H17FN4O2/c16-13-4-2-1-3-12(13)14-11-19(9-10-22-14)15(21)5-7-20-8-6-17-18-20/h1-4,6,8,14H,5,7,9-11H2. The molecule has 0 aliphatic carbocycles. The number of halogens is 1. The molecule has 7 heteroatoms. The molecule has 2 heterocycles. The van der Waals surface area contributed by atoms with Crippen LogP contribution in [0.2, 0.25) is 0 Å². The largest absolute Gasteiger partial charge is 0.370 e. The second-order valence-corrected chi connectivity index (χ2v) is 5.14. The summed E-state index contributed by atoms with van der Waals surface area (Å²) in [6, 6.07) is 6.52. The molecule has 2 aromatic rings. The van der Waals surface area contributed by atoms with Gasteiger partial charge in [0.1, 0.15) is 11.9 Å². The molecule has 116 valence electrons. The highest BCUT2D eigenvalue weighted by atomic mass is 19.1. The monoisotopic (exact) mass is 304 g/mol. The third-order valence-corrected chi connectivity index (χ3v) is 3.70. The third kappa shape index (κ3) is 3.30. The topological polar surface area (TPSA) is 60.2 Å². The molecule has 1 atom stereocenters. The Kier molecular flexibility index (Phi) is 4.43. The van der Waals surface area contributed by atoms with Crippen LogP contribution in [0, 0.1) is 5.82 Å². The van der Waals surface area contributed by atoms with Crippen molar-refractivity contribution < 1.29 is 13.9 Å². The van der Waals surface area contributed by atoms with Crippen molar-refractivity contribution in [3.05, 3.63) is 48.0 Å². The van der Waals surface area contributed by atoms with Crippen molar-refractivity contribution in [2.24, 2.45) is 0 Å². The van der Waals surface area contributed by atoms with Crippen LogP contribution in [0.3, 0.4) is 0 Å². The van der Waals surface area contributed by atoms with Gasteiger partial charge in [-0.05, 0) is 6.07 Å². The molecule has 0 N–H and O–H groups in total. The van der Waals surface area contributed by atoms with E-state index >= 15 is 0 Å². The van der Waals surface area contributed by atoms with E-state index in [1.54, 1.807) is 40.2 Å². The van der Waals surface area contributed by atoms with E-state index < -0.39 is 6.10 Å². The number of hydrogen-bond acceptors (Lipinski definition) is 4. The van der Waals surface area contributed by atoms with Gasteiger partial charge in [-0.25, -0.2) is 4.39 Å².